The van der Waals surface area contributed by atoms with Gasteiger partial charge in [-0.05, 0) is 23.8 Å². The zero-order valence-electron chi connectivity index (χ0n) is 6.68. The first kappa shape index (κ1) is 11.6. The molecule has 0 aromatic carbocycles. The Morgan fingerprint density at radius 3 is 2.62 bits per heavy atom. The monoisotopic (exact) mass is 200 g/mol. The van der Waals surface area contributed by atoms with Crippen LogP contribution in [-0.2, 0) is 4.79 Å². The minimum atomic E-state index is -0.549. The van der Waals surface area contributed by atoms with Crippen molar-refractivity contribution in [1.29, 1.82) is 0 Å². The van der Waals surface area contributed by atoms with E-state index in [0.29, 0.717) is 0 Å². The lowest BCUT2D eigenvalue weighted by Crippen LogP contribution is -2.14. The van der Waals surface area contributed by atoms with Gasteiger partial charge in [0.25, 0.3) is 5.91 Å². The smallest absolute Gasteiger partial charge is 0.267 e. The van der Waals surface area contributed by atoms with Crippen LogP contribution in [0.15, 0.2) is 30.6 Å². The summed E-state index contributed by atoms with van der Waals surface area (Å²) in [7, 11) is 0. The van der Waals surface area contributed by atoms with Gasteiger partial charge in [0.05, 0.1) is 0 Å². The van der Waals surface area contributed by atoms with Gasteiger partial charge in [0, 0.05) is 18.5 Å². The lowest BCUT2D eigenvalue weighted by atomic mass is 10.2. The summed E-state index contributed by atoms with van der Waals surface area (Å²) >= 11 is 0. The van der Waals surface area contributed by atoms with Gasteiger partial charge in [0.15, 0.2) is 0 Å². The van der Waals surface area contributed by atoms with E-state index in [-0.39, 0.29) is 12.4 Å². The first-order chi connectivity index (χ1) is 5.83. The van der Waals surface area contributed by atoms with Crippen LogP contribution in [0.1, 0.15) is 5.56 Å². The summed E-state index contributed by atoms with van der Waals surface area (Å²) in [6.45, 7) is 0. The fourth-order valence-corrected chi connectivity index (χ4v) is 0.684. The fraction of sp³-hybridized carbons (Fsp3) is 0. The highest BCUT2D eigenvalue weighted by molar-refractivity contribution is 5.90. The van der Waals surface area contributed by atoms with Crippen molar-refractivity contribution in [1.82, 2.24) is 10.5 Å². The van der Waals surface area contributed by atoms with E-state index in [1.165, 1.54) is 11.6 Å². The second-order valence-corrected chi connectivity index (χ2v) is 2.09. The highest BCUT2D eigenvalue weighted by atomic mass is 35.5. The molecular formula is C8H9ClN2O2. The Hall–Kier alpha value is -1.39. The molecule has 70 valence electrons. The minimum absolute atomic E-state index is 0. The molecule has 5 heteroatoms. The topological polar surface area (TPSA) is 62.2 Å². The lowest BCUT2D eigenvalue weighted by Gasteiger charge is -1.90. The van der Waals surface area contributed by atoms with Crippen LogP contribution >= 0.6 is 12.4 Å². The van der Waals surface area contributed by atoms with Crippen molar-refractivity contribution in [2.24, 2.45) is 0 Å². The van der Waals surface area contributed by atoms with Gasteiger partial charge in [-0.3, -0.25) is 15.0 Å². The van der Waals surface area contributed by atoms with Gasteiger partial charge >= 0.3 is 0 Å². The number of nitrogens with one attached hydrogen (secondary N) is 1. The van der Waals surface area contributed by atoms with Crippen LogP contribution < -0.4 is 5.48 Å². The number of carbonyl (C=O) groups excluding carboxylic acids is 1. The highest BCUT2D eigenvalue weighted by Gasteiger charge is 1.89. The Balaban J connectivity index is 0.00000144. The number of nitrogens with zero attached hydrogens (tertiary/aromatic N) is 1. The van der Waals surface area contributed by atoms with Gasteiger partial charge in [0.2, 0.25) is 0 Å². The standard InChI is InChI=1S/C8H8N2O2.ClH/c11-8(10-12)2-1-7-3-5-9-6-4-7;/h1-6,12H,(H,10,11);1H/b2-1+;. The quantitative estimate of drug-likeness (QED) is 0.426. The first-order valence-corrected chi connectivity index (χ1v) is 3.35. The van der Waals surface area contributed by atoms with E-state index in [2.05, 4.69) is 4.98 Å². The molecule has 0 radical (unpaired) electrons. The molecule has 1 rings (SSSR count). The SMILES string of the molecule is Cl.O=C(/C=C/c1ccncc1)NO. The molecular weight excluding hydrogens is 192 g/mol. The zero-order valence-corrected chi connectivity index (χ0v) is 7.49. The van der Waals surface area contributed by atoms with E-state index >= 15 is 0 Å². The Bertz CT molecular complexity index is 287. The Morgan fingerprint density at radius 2 is 2.08 bits per heavy atom. The molecule has 0 aliphatic carbocycles. The number of pyridine rings is 1. The summed E-state index contributed by atoms with van der Waals surface area (Å²) in [6.07, 6.45) is 6.05. The Morgan fingerprint density at radius 1 is 1.46 bits per heavy atom. The predicted octanol–water partition coefficient (Wildman–Crippen LogP) is 1.02. The van der Waals surface area contributed by atoms with Crippen LogP contribution in [0.3, 0.4) is 0 Å². The molecule has 2 N–H and O–H groups in total. The third-order valence-corrected chi connectivity index (χ3v) is 1.24. The molecule has 0 aliphatic rings. The number of amides is 1. The third-order valence-electron chi connectivity index (χ3n) is 1.24. The van der Waals surface area contributed by atoms with Crippen LogP contribution in [0, 0.1) is 0 Å². The van der Waals surface area contributed by atoms with Crippen molar-refractivity contribution in [2.45, 2.75) is 0 Å². The second kappa shape index (κ2) is 6.16. The molecule has 0 saturated heterocycles. The van der Waals surface area contributed by atoms with Crippen molar-refractivity contribution >= 4 is 24.4 Å². The van der Waals surface area contributed by atoms with E-state index in [0.717, 1.165) is 5.56 Å². The normalized spacial score (nSPS) is 9.31. The van der Waals surface area contributed by atoms with Crippen LogP contribution in [0.2, 0.25) is 0 Å². The van der Waals surface area contributed by atoms with E-state index in [4.69, 9.17) is 5.21 Å². The molecule has 0 spiro atoms. The Labute approximate surface area is 81.7 Å². The molecule has 13 heavy (non-hydrogen) atoms. The third kappa shape index (κ3) is 4.25. The van der Waals surface area contributed by atoms with E-state index in [1.807, 2.05) is 0 Å². The van der Waals surface area contributed by atoms with Crippen molar-refractivity contribution < 1.29 is 10.0 Å². The number of halogens is 1. The van der Waals surface area contributed by atoms with Gasteiger partial charge in [-0.15, -0.1) is 12.4 Å². The minimum Gasteiger partial charge on any atom is -0.288 e. The van der Waals surface area contributed by atoms with Gasteiger partial charge in [-0.2, -0.15) is 0 Å². The molecule has 0 saturated carbocycles. The van der Waals surface area contributed by atoms with Crippen LogP contribution in [0.25, 0.3) is 6.08 Å². The summed E-state index contributed by atoms with van der Waals surface area (Å²) in [5.41, 5.74) is 2.35. The molecule has 0 aliphatic heterocycles. The van der Waals surface area contributed by atoms with Crippen molar-refractivity contribution in [3.05, 3.63) is 36.2 Å². The largest absolute Gasteiger partial charge is 0.288 e. The van der Waals surface area contributed by atoms with Gasteiger partial charge in [-0.1, -0.05) is 0 Å². The summed E-state index contributed by atoms with van der Waals surface area (Å²) < 4.78 is 0. The maximum absolute atomic E-state index is 10.5. The highest BCUT2D eigenvalue weighted by Crippen LogP contribution is 1.97. The predicted molar refractivity (Wildman–Crippen MR) is 50.4 cm³/mol. The van der Waals surface area contributed by atoms with E-state index < -0.39 is 5.91 Å². The Kier molecular flexibility index (Phi) is 5.50. The average molecular weight is 201 g/mol. The fourth-order valence-electron chi connectivity index (χ4n) is 0.684. The summed E-state index contributed by atoms with van der Waals surface area (Å²) in [4.78, 5) is 14.3. The van der Waals surface area contributed by atoms with E-state index in [9.17, 15) is 4.79 Å². The van der Waals surface area contributed by atoms with Crippen LogP contribution in [-0.4, -0.2) is 16.1 Å². The number of hydrogen-bond acceptors (Lipinski definition) is 3. The number of rotatable bonds is 2. The van der Waals surface area contributed by atoms with Crippen LogP contribution in [0.4, 0.5) is 0 Å². The number of hydroxylamine groups is 1. The molecule has 0 atom stereocenters. The molecule has 0 bridgehead atoms. The lowest BCUT2D eigenvalue weighted by molar-refractivity contribution is -0.124. The zero-order chi connectivity index (χ0) is 8.81. The summed E-state index contributed by atoms with van der Waals surface area (Å²) in [6, 6.07) is 3.50. The van der Waals surface area contributed by atoms with Crippen molar-refractivity contribution in [3.8, 4) is 0 Å². The molecule has 1 aromatic rings. The summed E-state index contributed by atoms with van der Waals surface area (Å²) in [5, 5.41) is 8.15. The number of carbonyl (C=O) groups is 1. The van der Waals surface area contributed by atoms with Gasteiger partial charge in [-0.25, -0.2) is 5.48 Å². The number of aromatic nitrogens is 1. The maximum Gasteiger partial charge on any atom is 0.267 e. The molecule has 0 fully saturated rings. The molecule has 1 heterocycles. The molecule has 1 aromatic heterocycles. The molecule has 4 nitrogen and oxygen atoms in total. The van der Waals surface area contributed by atoms with Crippen molar-refractivity contribution in [2.75, 3.05) is 0 Å². The maximum atomic E-state index is 10.5. The van der Waals surface area contributed by atoms with Crippen LogP contribution in [0.5, 0.6) is 0 Å². The van der Waals surface area contributed by atoms with Gasteiger partial charge in [0.1, 0.15) is 0 Å². The average Bonchev–Trinajstić information content (AvgIpc) is 2.16. The number of hydrogen-bond donors (Lipinski definition) is 2. The van der Waals surface area contributed by atoms with Crippen molar-refractivity contribution in [3.63, 3.8) is 0 Å². The van der Waals surface area contributed by atoms with Gasteiger partial charge < -0.3 is 0 Å². The molecule has 0 unspecified atom stereocenters. The van der Waals surface area contributed by atoms with E-state index in [1.54, 1.807) is 30.6 Å². The molecule has 1 amide bonds. The second-order valence-electron chi connectivity index (χ2n) is 2.09. The summed E-state index contributed by atoms with van der Waals surface area (Å²) in [5.74, 6) is -0.549. The first-order valence-electron chi connectivity index (χ1n) is 3.35.